The van der Waals surface area contributed by atoms with Crippen LogP contribution in [0.3, 0.4) is 0 Å². The lowest BCUT2D eigenvalue weighted by atomic mass is 10.2. The van der Waals surface area contributed by atoms with Crippen molar-refractivity contribution < 1.29 is 4.79 Å². The van der Waals surface area contributed by atoms with Crippen molar-refractivity contribution in [1.29, 1.82) is 0 Å². The molecule has 1 aliphatic heterocycles. The first-order chi connectivity index (χ1) is 14.9. The maximum atomic E-state index is 12.7. The SMILES string of the molecule is CN=C(NCc1ccc(-n2nc(C)cc2C)nc1)N1CCN(c2cnn(C)c2)C(=O)C1. The van der Waals surface area contributed by atoms with E-state index in [1.807, 2.05) is 61.1 Å². The molecule has 10 nitrogen and oxygen atoms in total. The van der Waals surface area contributed by atoms with Crippen LogP contribution in [0.2, 0.25) is 0 Å². The first kappa shape index (κ1) is 20.6. The van der Waals surface area contributed by atoms with Crippen LogP contribution in [0.15, 0.2) is 41.8 Å². The van der Waals surface area contributed by atoms with Gasteiger partial charge in [0.25, 0.3) is 0 Å². The summed E-state index contributed by atoms with van der Waals surface area (Å²) in [5.41, 5.74) is 3.86. The fourth-order valence-electron chi connectivity index (χ4n) is 3.70. The zero-order chi connectivity index (χ0) is 22.0. The number of rotatable bonds is 4. The highest BCUT2D eigenvalue weighted by Crippen LogP contribution is 2.16. The molecule has 0 radical (unpaired) electrons. The van der Waals surface area contributed by atoms with E-state index in [1.165, 1.54) is 0 Å². The second-order valence-electron chi connectivity index (χ2n) is 7.60. The molecule has 1 amide bonds. The van der Waals surface area contributed by atoms with Crippen molar-refractivity contribution in [3.05, 3.63) is 53.7 Å². The zero-order valence-corrected chi connectivity index (χ0v) is 18.3. The Morgan fingerprint density at radius 1 is 1.23 bits per heavy atom. The van der Waals surface area contributed by atoms with E-state index in [9.17, 15) is 4.79 Å². The number of hydrogen-bond acceptors (Lipinski definition) is 5. The van der Waals surface area contributed by atoms with Gasteiger partial charge in [-0.15, -0.1) is 0 Å². The van der Waals surface area contributed by atoms with Gasteiger partial charge >= 0.3 is 0 Å². The summed E-state index contributed by atoms with van der Waals surface area (Å²) >= 11 is 0. The number of aryl methyl sites for hydroxylation is 3. The number of aromatic nitrogens is 5. The van der Waals surface area contributed by atoms with Crippen LogP contribution < -0.4 is 10.2 Å². The Labute approximate surface area is 181 Å². The second-order valence-corrected chi connectivity index (χ2v) is 7.60. The molecule has 3 aromatic rings. The van der Waals surface area contributed by atoms with E-state index in [0.29, 0.717) is 25.6 Å². The van der Waals surface area contributed by atoms with Crippen LogP contribution >= 0.6 is 0 Å². The highest BCUT2D eigenvalue weighted by molar-refractivity contribution is 5.98. The summed E-state index contributed by atoms with van der Waals surface area (Å²) in [5, 5.41) is 12.0. The lowest BCUT2D eigenvalue weighted by Gasteiger charge is -2.35. The van der Waals surface area contributed by atoms with Gasteiger partial charge in [-0.2, -0.15) is 10.2 Å². The minimum atomic E-state index is 0.0260. The van der Waals surface area contributed by atoms with Crippen LogP contribution in [0.5, 0.6) is 0 Å². The fourth-order valence-corrected chi connectivity index (χ4v) is 3.70. The Morgan fingerprint density at radius 3 is 2.65 bits per heavy atom. The molecule has 4 rings (SSSR count). The first-order valence-electron chi connectivity index (χ1n) is 10.2. The predicted octanol–water partition coefficient (Wildman–Crippen LogP) is 1.04. The molecule has 4 heterocycles. The number of anilines is 1. The monoisotopic (exact) mass is 421 g/mol. The Bertz CT molecular complexity index is 1100. The maximum Gasteiger partial charge on any atom is 0.246 e. The van der Waals surface area contributed by atoms with Gasteiger partial charge in [0, 0.05) is 51.8 Å². The van der Waals surface area contributed by atoms with Crippen molar-refractivity contribution in [2.45, 2.75) is 20.4 Å². The number of amides is 1. The summed E-state index contributed by atoms with van der Waals surface area (Å²) < 4.78 is 3.53. The average molecular weight is 422 g/mol. The molecule has 0 aromatic carbocycles. The van der Waals surface area contributed by atoms with Crippen molar-refractivity contribution >= 4 is 17.6 Å². The van der Waals surface area contributed by atoms with Crippen LogP contribution in [0.4, 0.5) is 5.69 Å². The number of carbonyl (C=O) groups is 1. The summed E-state index contributed by atoms with van der Waals surface area (Å²) in [5.74, 6) is 1.51. The molecule has 0 atom stereocenters. The van der Waals surface area contributed by atoms with Gasteiger partial charge in [-0.25, -0.2) is 9.67 Å². The summed E-state index contributed by atoms with van der Waals surface area (Å²) in [4.78, 5) is 25.3. The Balaban J connectivity index is 1.36. The number of nitrogens with zero attached hydrogens (tertiary/aromatic N) is 8. The topological polar surface area (TPSA) is 96.5 Å². The van der Waals surface area contributed by atoms with Crippen molar-refractivity contribution in [2.75, 3.05) is 31.6 Å². The van der Waals surface area contributed by atoms with E-state index >= 15 is 0 Å². The number of hydrogen-bond donors (Lipinski definition) is 1. The van der Waals surface area contributed by atoms with Crippen LogP contribution in [-0.2, 0) is 18.4 Å². The van der Waals surface area contributed by atoms with E-state index in [4.69, 9.17) is 0 Å². The lowest BCUT2D eigenvalue weighted by molar-refractivity contribution is -0.120. The molecule has 1 N–H and O–H groups in total. The predicted molar refractivity (Wildman–Crippen MR) is 118 cm³/mol. The maximum absolute atomic E-state index is 12.7. The third-order valence-electron chi connectivity index (χ3n) is 5.22. The molecule has 1 fully saturated rings. The van der Waals surface area contributed by atoms with Gasteiger partial charge in [-0.05, 0) is 31.5 Å². The third kappa shape index (κ3) is 4.42. The highest BCUT2D eigenvalue weighted by Gasteiger charge is 2.27. The molecular formula is C21H27N9O. The first-order valence-corrected chi connectivity index (χ1v) is 10.2. The minimum Gasteiger partial charge on any atom is -0.352 e. The number of pyridine rings is 1. The van der Waals surface area contributed by atoms with Gasteiger partial charge in [-0.3, -0.25) is 14.5 Å². The average Bonchev–Trinajstić information content (AvgIpc) is 3.33. The van der Waals surface area contributed by atoms with Crippen LogP contribution in [0, 0.1) is 13.8 Å². The molecule has 10 heteroatoms. The van der Waals surface area contributed by atoms with Crippen molar-refractivity contribution in [2.24, 2.45) is 12.0 Å². The van der Waals surface area contributed by atoms with Crippen LogP contribution in [0.25, 0.3) is 5.82 Å². The largest absolute Gasteiger partial charge is 0.352 e. The number of aliphatic imine (C=N–C) groups is 1. The van der Waals surface area contributed by atoms with Gasteiger partial charge in [0.15, 0.2) is 11.8 Å². The summed E-state index contributed by atoms with van der Waals surface area (Å²) in [7, 11) is 3.57. The lowest BCUT2D eigenvalue weighted by Crippen LogP contribution is -2.55. The highest BCUT2D eigenvalue weighted by atomic mass is 16.2. The van der Waals surface area contributed by atoms with Crippen LogP contribution in [0.1, 0.15) is 17.0 Å². The number of nitrogens with one attached hydrogen (secondary N) is 1. The fraction of sp³-hybridized carbons (Fsp3) is 0.381. The van der Waals surface area contributed by atoms with Gasteiger partial charge < -0.3 is 15.1 Å². The molecule has 31 heavy (non-hydrogen) atoms. The van der Waals surface area contributed by atoms with Crippen molar-refractivity contribution in [1.82, 2.24) is 34.8 Å². The Morgan fingerprint density at radius 2 is 2.06 bits per heavy atom. The summed E-state index contributed by atoms with van der Waals surface area (Å²) in [6.07, 6.45) is 5.39. The number of carbonyl (C=O) groups excluding carboxylic acids is 1. The molecule has 0 saturated carbocycles. The van der Waals surface area contributed by atoms with E-state index < -0.39 is 0 Å². The van der Waals surface area contributed by atoms with E-state index in [0.717, 1.165) is 28.5 Å². The summed E-state index contributed by atoms with van der Waals surface area (Å²) in [6.45, 7) is 6.09. The van der Waals surface area contributed by atoms with Crippen molar-refractivity contribution in [3.8, 4) is 5.82 Å². The molecule has 0 bridgehead atoms. The molecule has 162 valence electrons. The minimum absolute atomic E-state index is 0.0260. The molecule has 0 aliphatic carbocycles. The van der Waals surface area contributed by atoms with E-state index in [-0.39, 0.29) is 12.5 Å². The van der Waals surface area contributed by atoms with E-state index in [2.05, 4.69) is 25.5 Å². The van der Waals surface area contributed by atoms with Crippen molar-refractivity contribution in [3.63, 3.8) is 0 Å². The van der Waals surface area contributed by atoms with Gasteiger partial charge in [-0.1, -0.05) is 6.07 Å². The smallest absolute Gasteiger partial charge is 0.246 e. The molecule has 1 aliphatic rings. The third-order valence-corrected chi connectivity index (χ3v) is 5.22. The van der Waals surface area contributed by atoms with Gasteiger partial charge in [0.05, 0.1) is 17.6 Å². The van der Waals surface area contributed by atoms with Crippen LogP contribution in [-0.4, -0.2) is 68.0 Å². The molecule has 1 saturated heterocycles. The second kappa shape index (κ2) is 8.58. The number of guanidine groups is 1. The Hall–Kier alpha value is -3.69. The van der Waals surface area contributed by atoms with Gasteiger partial charge in [0.1, 0.15) is 6.54 Å². The summed E-state index contributed by atoms with van der Waals surface area (Å²) in [6, 6.07) is 6.00. The molecule has 0 unspecified atom stereocenters. The zero-order valence-electron chi connectivity index (χ0n) is 18.3. The normalized spacial score (nSPS) is 15.0. The quantitative estimate of drug-likeness (QED) is 0.500. The molecule has 3 aromatic heterocycles. The molecule has 0 spiro atoms. The standard InChI is InChI=1S/C21H27N9O/c1-15-9-16(2)30(26-15)19-6-5-17(10-23-19)11-24-21(22-3)28-7-8-29(20(31)14-28)18-12-25-27(4)13-18/h5-6,9-10,12-13H,7-8,11,14H2,1-4H3,(H,22,24). The van der Waals surface area contributed by atoms with E-state index in [1.54, 1.807) is 22.8 Å². The van der Waals surface area contributed by atoms with Gasteiger partial charge in [0.2, 0.25) is 5.91 Å². The number of piperazine rings is 1. The Kier molecular flexibility index (Phi) is 5.70. The molecular weight excluding hydrogens is 394 g/mol.